The molecule has 2 aliphatic heterocycles. The fraction of sp³-hybridized carbons (Fsp3) is 0.581. The van der Waals surface area contributed by atoms with Crippen LogP contribution in [0.2, 0.25) is 0 Å². The number of nitrogens with one attached hydrogen (secondary N) is 2. The summed E-state index contributed by atoms with van der Waals surface area (Å²) in [4.78, 5) is 10.5. The molecule has 1 unspecified atom stereocenters. The Morgan fingerprint density at radius 2 is 1.82 bits per heavy atom. The lowest BCUT2D eigenvalue weighted by molar-refractivity contribution is 0.110. The molecule has 3 heterocycles. The van der Waals surface area contributed by atoms with Gasteiger partial charge in [-0.2, -0.15) is 0 Å². The van der Waals surface area contributed by atoms with Crippen molar-refractivity contribution in [2.45, 2.75) is 83.6 Å². The third kappa shape index (κ3) is 5.16. The van der Waals surface area contributed by atoms with Crippen LogP contribution in [0.3, 0.4) is 0 Å². The van der Waals surface area contributed by atoms with Gasteiger partial charge in [-0.05, 0) is 83.0 Å². The number of phenols is 1. The first-order valence-corrected chi connectivity index (χ1v) is 14.6. The van der Waals surface area contributed by atoms with E-state index in [1.165, 1.54) is 22.6 Å². The number of phenolic OH excluding ortho intramolecular Hbond substituents is 1. The van der Waals surface area contributed by atoms with Gasteiger partial charge in [0, 0.05) is 56.0 Å². The fourth-order valence-electron chi connectivity index (χ4n) is 6.93. The Kier molecular flexibility index (Phi) is 7.98. The smallest absolute Gasteiger partial charge is 0.127 e. The Morgan fingerprint density at radius 3 is 2.45 bits per heavy atom. The van der Waals surface area contributed by atoms with Gasteiger partial charge in [-0.3, -0.25) is 4.90 Å². The zero-order chi connectivity index (χ0) is 26.9. The minimum atomic E-state index is -0.110. The predicted molar refractivity (Wildman–Crippen MR) is 157 cm³/mol. The second-order valence-electron chi connectivity index (χ2n) is 11.5. The Labute approximate surface area is 228 Å². The molecule has 2 fully saturated rings. The molecule has 3 aromatic rings. The largest absolute Gasteiger partial charge is 0.508 e. The van der Waals surface area contributed by atoms with E-state index < -0.39 is 0 Å². The molecule has 2 saturated heterocycles. The number of aromatic hydroxyl groups is 1. The first kappa shape index (κ1) is 27.0. The molecule has 3 N–H and O–H groups in total. The van der Waals surface area contributed by atoms with Crippen LogP contribution in [0.15, 0.2) is 42.5 Å². The SMILES string of the molecule is CCCC(c1nc2cc(N3CCC(NC)(c4cccc(O)c4)CC3)ccc2n1CC)N1C[C@@H](C)N[C@@H](C)C1. The van der Waals surface area contributed by atoms with E-state index >= 15 is 0 Å². The summed E-state index contributed by atoms with van der Waals surface area (Å²) in [5.74, 6) is 1.55. The predicted octanol–water partition coefficient (Wildman–Crippen LogP) is 5.00. The first-order chi connectivity index (χ1) is 18.4. The van der Waals surface area contributed by atoms with E-state index in [0.29, 0.717) is 23.9 Å². The van der Waals surface area contributed by atoms with Gasteiger partial charge in [-0.25, -0.2) is 4.98 Å². The van der Waals surface area contributed by atoms with Gasteiger partial charge in [0.15, 0.2) is 0 Å². The first-order valence-electron chi connectivity index (χ1n) is 14.6. The van der Waals surface area contributed by atoms with E-state index in [9.17, 15) is 5.11 Å². The second kappa shape index (κ2) is 11.2. The van der Waals surface area contributed by atoms with Crippen molar-refractivity contribution in [3.8, 4) is 5.75 Å². The number of piperazine rings is 1. The van der Waals surface area contributed by atoms with Crippen molar-refractivity contribution in [2.24, 2.45) is 0 Å². The Morgan fingerprint density at radius 1 is 1.08 bits per heavy atom. The highest BCUT2D eigenvalue weighted by molar-refractivity contribution is 5.80. The van der Waals surface area contributed by atoms with Gasteiger partial charge in [0.05, 0.1) is 17.1 Å². The molecule has 0 bridgehead atoms. The third-order valence-corrected chi connectivity index (χ3v) is 8.82. The van der Waals surface area contributed by atoms with E-state index in [1.807, 2.05) is 19.2 Å². The molecule has 3 atom stereocenters. The van der Waals surface area contributed by atoms with Crippen LogP contribution in [0.25, 0.3) is 11.0 Å². The van der Waals surface area contributed by atoms with Crippen LogP contribution < -0.4 is 15.5 Å². The van der Waals surface area contributed by atoms with Crippen molar-refractivity contribution < 1.29 is 5.11 Å². The van der Waals surface area contributed by atoms with Gasteiger partial charge >= 0.3 is 0 Å². The van der Waals surface area contributed by atoms with Crippen LogP contribution in [0.4, 0.5) is 5.69 Å². The van der Waals surface area contributed by atoms with Gasteiger partial charge in [0.25, 0.3) is 0 Å². The maximum absolute atomic E-state index is 10.1. The van der Waals surface area contributed by atoms with Crippen molar-refractivity contribution in [3.05, 3.63) is 53.9 Å². The molecular formula is C31H46N6O. The minimum Gasteiger partial charge on any atom is -0.508 e. The van der Waals surface area contributed by atoms with E-state index in [4.69, 9.17) is 4.98 Å². The van der Waals surface area contributed by atoms with Gasteiger partial charge in [0.2, 0.25) is 0 Å². The highest BCUT2D eigenvalue weighted by atomic mass is 16.3. The van der Waals surface area contributed by atoms with Crippen molar-refractivity contribution in [1.82, 2.24) is 25.1 Å². The monoisotopic (exact) mass is 518 g/mol. The Balaban J connectivity index is 1.40. The summed E-state index contributed by atoms with van der Waals surface area (Å²) >= 11 is 0. The number of hydrogen-bond donors (Lipinski definition) is 3. The zero-order valence-electron chi connectivity index (χ0n) is 23.9. The maximum Gasteiger partial charge on any atom is 0.127 e. The number of aryl methyl sites for hydroxylation is 1. The maximum atomic E-state index is 10.1. The number of anilines is 1. The van der Waals surface area contributed by atoms with Crippen LogP contribution in [0.5, 0.6) is 5.75 Å². The highest BCUT2D eigenvalue weighted by Gasteiger charge is 2.35. The van der Waals surface area contributed by atoms with Gasteiger partial charge < -0.3 is 25.2 Å². The lowest BCUT2D eigenvalue weighted by Gasteiger charge is -2.43. The average Bonchev–Trinajstić information content (AvgIpc) is 3.28. The van der Waals surface area contributed by atoms with E-state index in [0.717, 1.165) is 63.9 Å². The lowest BCUT2D eigenvalue weighted by Crippen LogP contribution is -2.55. The third-order valence-electron chi connectivity index (χ3n) is 8.82. The van der Waals surface area contributed by atoms with Gasteiger partial charge in [0.1, 0.15) is 11.6 Å². The molecule has 0 saturated carbocycles. The molecule has 0 aliphatic carbocycles. The van der Waals surface area contributed by atoms with Crippen LogP contribution >= 0.6 is 0 Å². The Hall–Kier alpha value is -2.61. The molecule has 7 heteroatoms. The molecule has 0 spiro atoms. The number of aromatic nitrogens is 2. The number of imidazole rings is 1. The van der Waals surface area contributed by atoms with Crippen LogP contribution in [0.1, 0.15) is 70.8 Å². The molecule has 7 nitrogen and oxygen atoms in total. The Bertz CT molecular complexity index is 1220. The minimum absolute atomic E-state index is 0.110. The molecule has 5 rings (SSSR count). The average molecular weight is 519 g/mol. The topological polar surface area (TPSA) is 68.6 Å². The van der Waals surface area contributed by atoms with Crippen LogP contribution in [-0.2, 0) is 12.1 Å². The van der Waals surface area contributed by atoms with Gasteiger partial charge in [-0.1, -0.05) is 25.5 Å². The molecule has 38 heavy (non-hydrogen) atoms. The summed E-state index contributed by atoms with van der Waals surface area (Å²) in [6, 6.07) is 15.9. The zero-order valence-corrected chi connectivity index (χ0v) is 23.9. The molecule has 0 radical (unpaired) electrons. The number of benzene rings is 2. The molecule has 2 aliphatic rings. The molecule has 2 aromatic carbocycles. The van der Waals surface area contributed by atoms with E-state index in [2.05, 4.69) is 77.0 Å². The van der Waals surface area contributed by atoms with Crippen molar-refractivity contribution in [1.29, 1.82) is 0 Å². The lowest BCUT2D eigenvalue weighted by atomic mass is 9.81. The number of rotatable bonds is 8. The number of piperidine rings is 1. The van der Waals surface area contributed by atoms with Gasteiger partial charge in [-0.15, -0.1) is 0 Å². The van der Waals surface area contributed by atoms with Crippen LogP contribution in [0, 0.1) is 0 Å². The summed E-state index contributed by atoms with van der Waals surface area (Å²) in [6.45, 7) is 14.1. The molecular weight excluding hydrogens is 472 g/mol. The number of fused-ring (bicyclic) bond motifs is 1. The molecule has 0 amide bonds. The quantitative estimate of drug-likeness (QED) is 0.390. The standard InChI is InChI=1S/C31H46N6O/c1-6-9-29(36-20-22(3)33-23(4)21-36)30-34-27-19-25(12-13-28(27)37(30)7-2)35-16-14-31(32-5,15-17-35)24-10-8-11-26(38)18-24/h8,10-13,18-19,22-23,29,32-33,38H,6-7,9,14-17,20-21H2,1-5H3/t22-,23+,29?. The number of nitrogens with zero attached hydrogens (tertiary/aromatic N) is 4. The van der Waals surface area contributed by atoms with Crippen molar-refractivity contribution >= 4 is 16.7 Å². The summed E-state index contributed by atoms with van der Waals surface area (Å²) in [5.41, 5.74) is 4.66. The van der Waals surface area contributed by atoms with Crippen LogP contribution in [-0.4, -0.2) is 64.9 Å². The normalized spacial score (nSPS) is 23.1. The van der Waals surface area contributed by atoms with Crippen molar-refractivity contribution in [2.75, 3.05) is 38.1 Å². The van der Waals surface area contributed by atoms with E-state index in [-0.39, 0.29) is 5.54 Å². The highest BCUT2D eigenvalue weighted by Crippen LogP contribution is 2.37. The summed E-state index contributed by atoms with van der Waals surface area (Å²) in [6.07, 6.45) is 4.24. The molecule has 206 valence electrons. The van der Waals surface area contributed by atoms with E-state index in [1.54, 1.807) is 6.07 Å². The molecule has 1 aromatic heterocycles. The summed E-state index contributed by atoms with van der Waals surface area (Å²) in [7, 11) is 2.04. The summed E-state index contributed by atoms with van der Waals surface area (Å²) in [5, 5.41) is 17.3. The second-order valence-corrected chi connectivity index (χ2v) is 11.5. The summed E-state index contributed by atoms with van der Waals surface area (Å²) < 4.78 is 2.45. The van der Waals surface area contributed by atoms with Crippen molar-refractivity contribution in [3.63, 3.8) is 0 Å². The fourth-order valence-corrected chi connectivity index (χ4v) is 6.93. The number of hydrogen-bond acceptors (Lipinski definition) is 6.